The van der Waals surface area contributed by atoms with Crippen molar-refractivity contribution in [3.8, 4) is 0 Å². The van der Waals surface area contributed by atoms with Crippen molar-refractivity contribution < 1.29 is 0 Å². The molecule has 0 bridgehead atoms. The number of likely N-dealkylation sites (N-methyl/N-ethyl adjacent to an activating group) is 1. The molecule has 1 aliphatic heterocycles. The van der Waals surface area contributed by atoms with Gasteiger partial charge in [0.25, 0.3) is 0 Å². The van der Waals surface area contributed by atoms with Gasteiger partial charge < -0.3 is 14.7 Å². The molecule has 21 heavy (non-hydrogen) atoms. The molecular weight excluding hydrogens is 290 g/mol. The molecule has 2 rings (SSSR count). The first kappa shape index (κ1) is 16.2. The summed E-state index contributed by atoms with van der Waals surface area (Å²) in [6.45, 7) is 6.06. The Labute approximate surface area is 131 Å². The van der Waals surface area contributed by atoms with Crippen LogP contribution >= 0.6 is 11.6 Å². The second-order valence-electron chi connectivity index (χ2n) is 5.73. The van der Waals surface area contributed by atoms with Gasteiger partial charge in [0.05, 0.1) is 0 Å². The third-order valence-corrected chi connectivity index (χ3v) is 3.67. The van der Waals surface area contributed by atoms with Crippen LogP contribution in [0.4, 0.5) is 11.9 Å². The maximum atomic E-state index is 6.00. The fourth-order valence-corrected chi connectivity index (χ4v) is 2.33. The molecule has 0 radical (unpaired) electrons. The molecule has 0 spiro atoms. The third-order valence-electron chi connectivity index (χ3n) is 3.50. The number of rotatable bonds is 5. The van der Waals surface area contributed by atoms with Crippen molar-refractivity contribution in [1.82, 2.24) is 24.8 Å². The van der Waals surface area contributed by atoms with Crippen molar-refractivity contribution in [2.45, 2.75) is 0 Å². The van der Waals surface area contributed by atoms with E-state index in [0.29, 0.717) is 11.9 Å². The van der Waals surface area contributed by atoms with Crippen molar-refractivity contribution in [2.24, 2.45) is 0 Å². The SMILES string of the molecule is CN(C)CCN1CCN(c2nc(Cl)nc(N(C)C)n2)CC1. The fraction of sp³-hybridized carbons (Fsp3) is 0.769. The van der Waals surface area contributed by atoms with Crippen LogP contribution in [0.1, 0.15) is 0 Å². The standard InChI is InChI=1S/C13H24ClN7/c1-18(2)5-6-20-7-9-21(10-8-20)13-16-11(14)15-12(17-13)19(3)4/h5-10H2,1-4H3. The van der Waals surface area contributed by atoms with Gasteiger partial charge in [-0.2, -0.15) is 15.0 Å². The van der Waals surface area contributed by atoms with Gasteiger partial charge in [0.1, 0.15) is 0 Å². The van der Waals surface area contributed by atoms with Gasteiger partial charge in [0, 0.05) is 53.4 Å². The summed E-state index contributed by atoms with van der Waals surface area (Å²) in [7, 11) is 8.00. The van der Waals surface area contributed by atoms with E-state index in [4.69, 9.17) is 11.6 Å². The smallest absolute Gasteiger partial charge is 0.231 e. The quantitative estimate of drug-likeness (QED) is 0.773. The van der Waals surface area contributed by atoms with Crippen LogP contribution in [0, 0.1) is 0 Å². The molecule has 0 aromatic carbocycles. The Kier molecular flexibility index (Phi) is 5.55. The van der Waals surface area contributed by atoms with E-state index in [2.05, 4.69) is 43.7 Å². The lowest BCUT2D eigenvalue weighted by molar-refractivity contribution is 0.228. The van der Waals surface area contributed by atoms with Gasteiger partial charge in [-0.3, -0.25) is 4.90 Å². The van der Waals surface area contributed by atoms with E-state index in [0.717, 1.165) is 39.3 Å². The molecule has 118 valence electrons. The second-order valence-corrected chi connectivity index (χ2v) is 6.07. The highest BCUT2D eigenvalue weighted by Crippen LogP contribution is 2.16. The number of aromatic nitrogens is 3. The minimum atomic E-state index is 0.249. The highest BCUT2D eigenvalue weighted by molar-refractivity contribution is 6.28. The Hall–Kier alpha value is -1.18. The number of nitrogens with zero attached hydrogens (tertiary/aromatic N) is 7. The molecule has 7 nitrogen and oxygen atoms in total. The Morgan fingerprint density at radius 2 is 1.67 bits per heavy atom. The van der Waals surface area contributed by atoms with Crippen molar-refractivity contribution in [1.29, 1.82) is 0 Å². The zero-order chi connectivity index (χ0) is 15.4. The lowest BCUT2D eigenvalue weighted by Gasteiger charge is -2.35. The molecule has 0 saturated carbocycles. The minimum absolute atomic E-state index is 0.249. The summed E-state index contributed by atoms with van der Waals surface area (Å²) in [6.07, 6.45) is 0. The van der Waals surface area contributed by atoms with E-state index >= 15 is 0 Å². The summed E-state index contributed by atoms with van der Waals surface area (Å²) >= 11 is 6.00. The van der Waals surface area contributed by atoms with E-state index in [1.807, 2.05) is 19.0 Å². The lowest BCUT2D eigenvalue weighted by Crippen LogP contribution is -2.48. The van der Waals surface area contributed by atoms with Crippen molar-refractivity contribution in [3.63, 3.8) is 0 Å². The maximum absolute atomic E-state index is 6.00. The Bertz CT molecular complexity index is 458. The Morgan fingerprint density at radius 3 is 2.24 bits per heavy atom. The summed E-state index contributed by atoms with van der Waals surface area (Å²) in [5.41, 5.74) is 0. The zero-order valence-corrected chi connectivity index (χ0v) is 14.0. The number of hydrogen-bond donors (Lipinski definition) is 0. The van der Waals surface area contributed by atoms with Crippen LogP contribution in [-0.4, -0.2) is 92.2 Å². The maximum Gasteiger partial charge on any atom is 0.231 e. The normalized spacial score (nSPS) is 16.6. The predicted molar refractivity (Wildman–Crippen MR) is 86.4 cm³/mol. The fourth-order valence-electron chi connectivity index (χ4n) is 2.18. The Balaban J connectivity index is 1.96. The number of anilines is 2. The summed E-state index contributed by atoms with van der Waals surface area (Å²) in [5.74, 6) is 1.27. The molecule has 2 heterocycles. The van der Waals surface area contributed by atoms with Gasteiger partial charge >= 0.3 is 0 Å². The van der Waals surface area contributed by atoms with Crippen LogP contribution in [-0.2, 0) is 0 Å². The first-order valence-corrected chi connectivity index (χ1v) is 7.54. The molecule has 0 aliphatic carbocycles. The van der Waals surface area contributed by atoms with Crippen molar-refractivity contribution in [3.05, 3.63) is 5.28 Å². The molecule has 8 heteroatoms. The molecule has 1 aliphatic rings. The monoisotopic (exact) mass is 313 g/mol. The van der Waals surface area contributed by atoms with Gasteiger partial charge in [-0.25, -0.2) is 0 Å². The average molecular weight is 314 g/mol. The van der Waals surface area contributed by atoms with Crippen molar-refractivity contribution in [2.75, 3.05) is 77.3 Å². The van der Waals surface area contributed by atoms with Gasteiger partial charge in [-0.15, -0.1) is 0 Å². The number of hydrogen-bond acceptors (Lipinski definition) is 7. The highest BCUT2D eigenvalue weighted by Gasteiger charge is 2.20. The number of piperazine rings is 1. The van der Waals surface area contributed by atoms with Crippen LogP contribution in [0.15, 0.2) is 0 Å². The summed E-state index contributed by atoms with van der Waals surface area (Å²) < 4.78 is 0. The predicted octanol–water partition coefficient (Wildman–Crippen LogP) is 0.275. The van der Waals surface area contributed by atoms with Crippen LogP contribution in [0.2, 0.25) is 5.28 Å². The molecule has 0 amide bonds. The van der Waals surface area contributed by atoms with Crippen molar-refractivity contribution >= 4 is 23.5 Å². The van der Waals surface area contributed by atoms with E-state index in [1.54, 1.807) is 0 Å². The molecule has 1 aromatic heterocycles. The van der Waals surface area contributed by atoms with Gasteiger partial charge in [-0.05, 0) is 25.7 Å². The van der Waals surface area contributed by atoms with Gasteiger partial charge in [-0.1, -0.05) is 0 Å². The molecule has 1 aromatic rings. The van der Waals surface area contributed by atoms with Crippen LogP contribution < -0.4 is 9.80 Å². The molecule has 0 N–H and O–H groups in total. The zero-order valence-electron chi connectivity index (χ0n) is 13.3. The summed E-state index contributed by atoms with van der Waals surface area (Å²) in [5, 5.41) is 0.249. The van der Waals surface area contributed by atoms with E-state index in [1.165, 1.54) is 0 Å². The average Bonchev–Trinajstić information content (AvgIpc) is 2.45. The second kappa shape index (κ2) is 7.20. The van der Waals surface area contributed by atoms with Crippen LogP contribution in [0.5, 0.6) is 0 Å². The molecule has 1 fully saturated rings. The van der Waals surface area contributed by atoms with E-state index in [9.17, 15) is 0 Å². The van der Waals surface area contributed by atoms with Gasteiger partial charge in [0.2, 0.25) is 17.2 Å². The summed E-state index contributed by atoms with van der Waals surface area (Å²) in [6, 6.07) is 0. The van der Waals surface area contributed by atoms with Gasteiger partial charge in [0.15, 0.2) is 0 Å². The lowest BCUT2D eigenvalue weighted by atomic mass is 10.3. The molecule has 0 unspecified atom stereocenters. The molecule has 1 saturated heterocycles. The topological polar surface area (TPSA) is 51.6 Å². The minimum Gasteiger partial charge on any atom is -0.347 e. The molecule has 0 atom stereocenters. The van der Waals surface area contributed by atoms with Crippen LogP contribution in [0.25, 0.3) is 0 Å². The third kappa shape index (κ3) is 4.66. The first-order chi connectivity index (χ1) is 9.95. The first-order valence-electron chi connectivity index (χ1n) is 7.16. The number of halogens is 1. The molecular formula is C13H24ClN7. The summed E-state index contributed by atoms with van der Waals surface area (Å²) in [4.78, 5) is 21.5. The Morgan fingerprint density at radius 1 is 1.00 bits per heavy atom. The van der Waals surface area contributed by atoms with Crippen LogP contribution in [0.3, 0.4) is 0 Å². The van der Waals surface area contributed by atoms with E-state index < -0.39 is 0 Å². The van der Waals surface area contributed by atoms with E-state index in [-0.39, 0.29) is 5.28 Å². The highest BCUT2D eigenvalue weighted by atomic mass is 35.5. The largest absolute Gasteiger partial charge is 0.347 e.